The van der Waals surface area contributed by atoms with Crippen LogP contribution in [0.25, 0.3) is 0 Å². The van der Waals surface area contributed by atoms with Gasteiger partial charge in [-0.3, -0.25) is 0 Å². The second kappa shape index (κ2) is 7.35. The largest absolute Gasteiger partial charge is 0.380 e. The lowest BCUT2D eigenvalue weighted by Gasteiger charge is -2.12. The molecule has 0 fully saturated rings. The van der Waals surface area contributed by atoms with Crippen molar-refractivity contribution in [2.45, 2.75) is 25.3 Å². The molecule has 0 unspecified atom stereocenters. The number of nitrogens with two attached hydrogens (primary N) is 1. The van der Waals surface area contributed by atoms with Gasteiger partial charge in [-0.15, -0.1) is 0 Å². The lowest BCUT2D eigenvalue weighted by Crippen LogP contribution is -2.28. The topological polar surface area (TPSA) is 81.4 Å². The van der Waals surface area contributed by atoms with Crippen LogP contribution in [0.15, 0.2) is 21.5 Å². The molecule has 0 radical (unpaired) electrons. The molecule has 0 aliphatic heterocycles. The molecule has 108 valence electrons. The van der Waals surface area contributed by atoms with Crippen molar-refractivity contribution >= 4 is 26.0 Å². The molecule has 0 spiro atoms. The Morgan fingerprint density at radius 2 is 2.11 bits per heavy atom. The second-order valence-electron chi connectivity index (χ2n) is 4.00. The summed E-state index contributed by atoms with van der Waals surface area (Å²) in [6, 6.07) is 3.43. The standard InChI is InChI=1S/C12H19BrN2O3S/c1-3-18-5-4-15-19(16,17)12-7-10(8-14)6-11(13)9(12)2/h6-7,15H,3-5,8,14H2,1-2H3. The Bertz CT molecular complexity index is 532. The SMILES string of the molecule is CCOCCNS(=O)(=O)c1cc(CN)cc(Br)c1C. The van der Waals surface area contributed by atoms with Gasteiger partial charge in [-0.05, 0) is 37.1 Å². The van der Waals surface area contributed by atoms with Crippen LogP contribution in [0.1, 0.15) is 18.1 Å². The third kappa shape index (κ3) is 4.54. The van der Waals surface area contributed by atoms with Crippen LogP contribution in [0.3, 0.4) is 0 Å². The molecule has 0 heterocycles. The molecule has 1 aromatic rings. The Morgan fingerprint density at radius 1 is 1.42 bits per heavy atom. The fourth-order valence-electron chi connectivity index (χ4n) is 1.57. The number of hydrogen-bond acceptors (Lipinski definition) is 4. The maximum Gasteiger partial charge on any atom is 0.240 e. The van der Waals surface area contributed by atoms with Crippen molar-refractivity contribution in [2.75, 3.05) is 19.8 Å². The highest BCUT2D eigenvalue weighted by Crippen LogP contribution is 2.25. The number of benzene rings is 1. The van der Waals surface area contributed by atoms with Gasteiger partial charge in [-0.2, -0.15) is 0 Å². The van der Waals surface area contributed by atoms with Crippen LogP contribution in [0, 0.1) is 6.92 Å². The predicted molar refractivity (Wildman–Crippen MR) is 78.5 cm³/mol. The summed E-state index contributed by atoms with van der Waals surface area (Å²) in [4.78, 5) is 0.249. The lowest BCUT2D eigenvalue weighted by atomic mass is 10.1. The van der Waals surface area contributed by atoms with Crippen LogP contribution in [-0.4, -0.2) is 28.2 Å². The Labute approximate surface area is 122 Å². The first-order valence-corrected chi connectivity index (χ1v) is 8.26. The molecule has 1 rings (SSSR count). The van der Waals surface area contributed by atoms with Crippen molar-refractivity contribution < 1.29 is 13.2 Å². The van der Waals surface area contributed by atoms with Crippen LogP contribution < -0.4 is 10.5 Å². The maximum atomic E-state index is 12.2. The number of sulfonamides is 1. The Balaban J connectivity index is 2.97. The third-order valence-electron chi connectivity index (χ3n) is 2.62. The van der Waals surface area contributed by atoms with Gasteiger partial charge in [0.15, 0.2) is 0 Å². The number of nitrogens with one attached hydrogen (secondary N) is 1. The summed E-state index contributed by atoms with van der Waals surface area (Å²) >= 11 is 3.35. The monoisotopic (exact) mass is 350 g/mol. The summed E-state index contributed by atoms with van der Waals surface area (Å²) in [6.45, 7) is 5.07. The van der Waals surface area contributed by atoms with Crippen LogP contribution in [-0.2, 0) is 21.3 Å². The molecular formula is C12H19BrN2O3S. The number of ether oxygens (including phenoxy) is 1. The molecule has 0 bridgehead atoms. The van der Waals surface area contributed by atoms with E-state index in [2.05, 4.69) is 20.7 Å². The molecule has 0 saturated carbocycles. The maximum absolute atomic E-state index is 12.2. The predicted octanol–water partition coefficient (Wildman–Crippen LogP) is 1.53. The van der Waals surface area contributed by atoms with Gasteiger partial charge in [-0.25, -0.2) is 13.1 Å². The van der Waals surface area contributed by atoms with Gasteiger partial charge in [0.2, 0.25) is 10.0 Å². The van der Waals surface area contributed by atoms with E-state index in [1.54, 1.807) is 13.0 Å². The van der Waals surface area contributed by atoms with Crippen molar-refractivity contribution in [3.8, 4) is 0 Å². The van der Waals surface area contributed by atoms with Crippen LogP contribution in [0.2, 0.25) is 0 Å². The highest BCUT2D eigenvalue weighted by molar-refractivity contribution is 9.10. The van der Waals surface area contributed by atoms with E-state index in [1.165, 1.54) is 0 Å². The van der Waals surface area contributed by atoms with Gasteiger partial charge in [0.05, 0.1) is 11.5 Å². The van der Waals surface area contributed by atoms with E-state index in [0.29, 0.717) is 25.3 Å². The molecule has 5 nitrogen and oxygen atoms in total. The third-order valence-corrected chi connectivity index (χ3v) is 5.04. The van der Waals surface area contributed by atoms with E-state index >= 15 is 0 Å². The molecule has 1 aromatic carbocycles. The molecule has 3 N–H and O–H groups in total. The molecule has 0 aromatic heterocycles. The molecule has 7 heteroatoms. The minimum atomic E-state index is -3.54. The first-order valence-electron chi connectivity index (χ1n) is 5.99. The molecule has 0 saturated heterocycles. The summed E-state index contributed by atoms with van der Waals surface area (Å²) in [5.74, 6) is 0. The Morgan fingerprint density at radius 3 is 2.68 bits per heavy atom. The number of hydrogen-bond donors (Lipinski definition) is 2. The van der Waals surface area contributed by atoms with Gasteiger partial charge in [0, 0.05) is 24.2 Å². The first kappa shape index (κ1) is 16.6. The molecule has 0 aliphatic rings. The summed E-state index contributed by atoms with van der Waals surface area (Å²) in [5, 5.41) is 0. The first-order chi connectivity index (χ1) is 8.92. The van der Waals surface area contributed by atoms with Crippen molar-refractivity contribution in [1.29, 1.82) is 0 Å². The summed E-state index contributed by atoms with van der Waals surface area (Å²) in [7, 11) is -3.54. The van der Waals surface area contributed by atoms with Crippen molar-refractivity contribution in [3.63, 3.8) is 0 Å². The normalized spacial score (nSPS) is 11.8. The number of halogens is 1. The summed E-state index contributed by atoms with van der Waals surface area (Å²) in [6.07, 6.45) is 0. The number of rotatable bonds is 7. The van der Waals surface area contributed by atoms with E-state index in [-0.39, 0.29) is 11.4 Å². The Hall–Kier alpha value is -0.470. The van der Waals surface area contributed by atoms with Gasteiger partial charge in [0.25, 0.3) is 0 Å². The van der Waals surface area contributed by atoms with Gasteiger partial charge < -0.3 is 10.5 Å². The Kier molecular flexibility index (Phi) is 6.41. The summed E-state index contributed by atoms with van der Waals surface area (Å²) in [5.41, 5.74) is 7.00. The molecule has 0 amide bonds. The minimum Gasteiger partial charge on any atom is -0.380 e. The van der Waals surface area contributed by atoms with Gasteiger partial charge in [-0.1, -0.05) is 15.9 Å². The smallest absolute Gasteiger partial charge is 0.240 e. The van der Waals surface area contributed by atoms with Crippen LogP contribution >= 0.6 is 15.9 Å². The molecule has 0 aliphatic carbocycles. The minimum absolute atomic E-state index is 0.249. The zero-order chi connectivity index (χ0) is 14.5. The highest BCUT2D eigenvalue weighted by atomic mass is 79.9. The summed E-state index contributed by atoms with van der Waals surface area (Å²) < 4.78 is 32.8. The molecule has 19 heavy (non-hydrogen) atoms. The van der Waals surface area contributed by atoms with E-state index in [0.717, 1.165) is 10.0 Å². The zero-order valence-electron chi connectivity index (χ0n) is 11.1. The van der Waals surface area contributed by atoms with Crippen molar-refractivity contribution in [3.05, 3.63) is 27.7 Å². The quantitative estimate of drug-likeness (QED) is 0.730. The van der Waals surface area contributed by atoms with E-state index in [4.69, 9.17) is 10.5 Å². The van der Waals surface area contributed by atoms with Crippen LogP contribution in [0.4, 0.5) is 0 Å². The highest BCUT2D eigenvalue weighted by Gasteiger charge is 2.18. The zero-order valence-corrected chi connectivity index (χ0v) is 13.5. The fourth-order valence-corrected chi connectivity index (χ4v) is 3.54. The van der Waals surface area contributed by atoms with Crippen LogP contribution in [0.5, 0.6) is 0 Å². The molecule has 0 atom stereocenters. The molecular weight excluding hydrogens is 332 g/mol. The average molecular weight is 351 g/mol. The van der Waals surface area contributed by atoms with E-state index in [1.807, 2.05) is 13.0 Å². The fraction of sp³-hybridized carbons (Fsp3) is 0.500. The van der Waals surface area contributed by atoms with Crippen molar-refractivity contribution in [1.82, 2.24) is 4.72 Å². The second-order valence-corrected chi connectivity index (χ2v) is 6.59. The van der Waals surface area contributed by atoms with Gasteiger partial charge in [0.1, 0.15) is 0 Å². The van der Waals surface area contributed by atoms with E-state index < -0.39 is 10.0 Å². The van der Waals surface area contributed by atoms with Gasteiger partial charge >= 0.3 is 0 Å². The van der Waals surface area contributed by atoms with Crippen molar-refractivity contribution in [2.24, 2.45) is 5.73 Å². The van der Waals surface area contributed by atoms with E-state index in [9.17, 15) is 8.42 Å². The lowest BCUT2D eigenvalue weighted by molar-refractivity contribution is 0.153. The average Bonchev–Trinajstić information content (AvgIpc) is 2.37.